The van der Waals surface area contributed by atoms with Crippen molar-refractivity contribution >= 4 is 11.9 Å². The van der Waals surface area contributed by atoms with E-state index in [4.69, 9.17) is 15.3 Å². The van der Waals surface area contributed by atoms with Gasteiger partial charge in [-0.25, -0.2) is 9.59 Å². The van der Waals surface area contributed by atoms with Crippen LogP contribution in [0.2, 0.25) is 0 Å². The van der Waals surface area contributed by atoms with Crippen LogP contribution in [0, 0.1) is 0 Å². The molecule has 0 aromatic rings. The molecule has 0 unspecified atom stereocenters. The lowest BCUT2D eigenvalue weighted by molar-refractivity contribution is -0.134. The number of aliphatic hydroxyl groups is 1. The van der Waals surface area contributed by atoms with E-state index in [-0.39, 0.29) is 0 Å². The Kier molecular flexibility index (Phi) is 15.5. The van der Waals surface area contributed by atoms with Crippen molar-refractivity contribution in [2.45, 2.75) is 45.4 Å². The van der Waals surface area contributed by atoms with Gasteiger partial charge in [0.25, 0.3) is 0 Å². The van der Waals surface area contributed by atoms with Crippen molar-refractivity contribution in [1.82, 2.24) is 0 Å². The van der Waals surface area contributed by atoms with Gasteiger partial charge in [0.1, 0.15) is 0 Å². The number of hydrogen-bond acceptors (Lipinski definition) is 3. The number of unbranched alkanes of at least 4 members (excludes halogenated alkanes) is 5. The summed E-state index contributed by atoms with van der Waals surface area (Å²) >= 11 is 0. The maximum atomic E-state index is 9.55. The molecular formula is C12H22O5. The van der Waals surface area contributed by atoms with Gasteiger partial charge in [-0.1, -0.05) is 39.0 Å². The molecule has 5 nitrogen and oxygen atoms in total. The molecule has 0 bridgehead atoms. The fourth-order valence-corrected chi connectivity index (χ4v) is 1.03. The van der Waals surface area contributed by atoms with Crippen molar-refractivity contribution < 1.29 is 24.9 Å². The average Bonchev–Trinajstić information content (AvgIpc) is 2.27. The van der Waals surface area contributed by atoms with Crippen molar-refractivity contribution in [2.24, 2.45) is 0 Å². The van der Waals surface area contributed by atoms with Crippen LogP contribution in [-0.4, -0.2) is 33.9 Å². The van der Waals surface area contributed by atoms with Crippen LogP contribution in [0.1, 0.15) is 45.4 Å². The van der Waals surface area contributed by atoms with Gasteiger partial charge in [-0.15, -0.1) is 0 Å². The van der Waals surface area contributed by atoms with Crippen LogP contribution in [0.5, 0.6) is 0 Å². The number of aliphatic carboxylic acids is 2. The van der Waals surface area contributed by atoms with E-state index in [9.17, 15) is 9.59 Å². The Morgan fingerprint density at radius 1 is 0.882 bits per heavy atom. The SMILES string of the molecule is CCCCCCCCO.O=C(O)/C=C\C(=O)O. The van der Waals surface area contributed by atoms with E-state index in [0.29, 0.717) is 18.8 Å². The van der Waals surface area contributed by atoms with Crippen LogP contribution in [0.25, 0.3) is 0 Å². The van der Waals surface area contributed by atoms with E-state index in [1.165, 1.54) is 32.1 Å². The number of aliphatic hydroxyl groups excluding tert-OH is 1. The lowest BCUT2D eigenvalue weighted by Crippen LogP contribution is -1.91. The average molecular weight is 246 g/mol. The number of hydrogen-bond donors (Lipinski definition) is 3. The predicted molar refractivity (Wildman–Crippen MR) is 64.9 cm³/mol. The Bertz CT molecular complexity index is 201. The second-order valence-corrected chi connectivity index (χ2v) is 3.50. The summed E-state index contributed by atoms with van der Waals surface area (Å²) in [5, 5.41) is 24.0. The quantitative estimate of drug-likeness (QED) is 0.450. The Labute approximate surface area is 102 Å². The summed E-state index contributed by atoms with van der Waals surface area (Å²) in [4.78, 5) is 19.1. The summed E-state index contributed by atoms with van der Waals surface area (Å²) in [5.74, 6) is -2.51. The summed E-state index contributed by atoms with van der Waals surface area (Å²) in [5.41, 5.74) is 0. The highest BCUT2D eigenvalue weighted by Gasteiger charge is 1.88. The lowest BCUT2D eigenvalue weighted by Gasteiger charge is -1.95. The molecule has 5 heteroatoms. The van der Waals surface area contributed by atoms with Crippen LogP contribution in [0.15, 0.2) is 12.2 Å². The second-order valence-electron chi connectivity index (χ2n) is 3.50. The summed E-state index contributed by atoms with van der Waals surface area (Å²) in [6.45, 7) is 2.58. The Balaban J connectivity index is 0. The van der Waals surface area contributed by atoms with Gasteiger partial charge in [-0.05, 0) is 6.42 Å². The molecule has 0 aliphatic carbocycles. The Morgan fingerprint density at radius 3 is 1.65 bits per heavy atom. The van der Waals surface area contributed by atoms with E-state index < -0.39 is 11.9 Å². The van der Waals surface area contributed by atoms with Crippen LogP contribution < -0.4 is 0 Å². The molecule has 0 amide bonds. The highest BCUT2D eigenvalue weighted by Crippen LogP contribution is 2.03. The first-order valence-electron chi connectivity index (χ1n) is 5.79. The summed E-state index contributed by atoms with van der Waals surface area (Å²) in [6, 6.07) is 0. The van der Waals surface area contributed by atoms with E-state index in [1.807, 2.05) is 0 Å². The first-order valence-corrected chi connectivity index (χ1v) is 5.79. The molecule has 0 aromatic heterocycles. The summed E-state index contributed by atoms with van der Waals surface area (Å²) in [7, 11) is 0. The molecule has 100 valence electrons. The molecule has 3 N–H and O–H groups in total. The molecule has 17 heavy (non-hydrogen) atoms. The van der Waals surface area contributed by atoms with Crippen LogP contribution in [0.3, 0.4) is 0 Å². The lowest BCUT2D eigenvalue weighted by atomic mass is 10.1. The molecule has 0 aliphatic heterocycles. The van der Waals surface area contributed by atoms with Gasteiger partial charge in [-0.3, -0.25) is 0 Å². The normalized spacial score (nSPS) is 9.76. The minimum absolute atomic E-state index is 0.367. The molecule has 0 rings (SSSR count). The number of rotatable bonds is 8. The van der Waals surface area contributed by atoms with Crippen LogP contribution in [-0.2, 0) is 9.59 Å². The highest BCUT2D eigenvalue weighted by molar-refractivity contribution is 5.89. The molecule has 0 aliphatic rings. The minimum Gasteiger partial charge on any atom is -0.478 e. The number of carbonyl (C=O) groups is 2. The van der Waals surface area contributed by atoms with Gasteiger partial charge < -0.3 is 15.3 Å². The van der Waals surface area contributed by atoms with E-state index in [2.05, 4.69) is 6.92 Å². The smallest absolute Gasteiger partial charge is 0.328 e. The maximum Gasteiger partial charge on any atom is 0.328 e. The summed E-state index contributed by atoms with van der Waals surface area (Å²) < 4.78 is 0. The fraction of sp³-hybridized carbons (Fsp3) is 0.667. The first-order chi connectivity index (χ1) is 8.04. The third kappa shape index (κ3) is 25.2. The maximum absolute atomic E-state index is 9.55. The third-order valence-electron chi connectivity index (χ3n) is 1.88. The van der Waals surface area contributed by atoms with Gasteiger partial charge in [0.2, 0.25) is 0 Å². The van der Waals surface area contributed by atoms with Gasteiger partial charge in [0.15, 0.2) is 0 Å². The topological polar surface area (TPSA) is 94.8 Å². The zero-order valence-electron chi connectivity index (χ0n) is 10.3. The van der Waals surface area contributed by atoms with Crippen LogP contribution in [0.4, 0.5) is 0 Å². The largest absolute Gasteiger partial charge is 0.478 e. The van der Waals surface area contributed by atoms with Gasteiger partial charge in [-0.2, -0.15) is 0 Å². The van der Waals surface area contributed by atoms with Crippen molar-refractivity contribution in [1.29, 1.82) is 0 Å². The highest BCUT2D eigenvalue weighted by atomic mass is 16.4. The van der Waals surface area contributed by atoms with Crippen molar-refractivity contribution in [3.05, 3.63) is 12.2 Å². The van der Waals surface area contributed by atoms with Gasteiger partial charge in [0.05, 0.1) is 0 Å². The van der Waals surface area contributed by atoms with E-state index >= 15 is 0 Å². The molecule has 0 atom stereocenters. The Morgan fingerprint density at radius 2 is 1.29 bits per heavy atom. The molecule has 0 spiro atoms. The van der Waals surface area contributed by atoms with E-state index in [1.54, 1.807) is 0 Å². The molecular weight excluding hydrogens is 224 g/mol. The molecule has 0 radical (unpaired) electrons. The third-order valence-corrected chi connectivity index (χ3v) is 1.88. The standard InChI is InChI=1S/C8H18O.C4H4O4/c1-2-3-4-5-6-7-8-9;5-3(6)1-2-4(7)8/h9H,2-8H2,1H3;1-2H,(H,5,6)(H,7,8)/b;2-1-. The minimum atomic E-state index is -1.26. The molecule has 0 saturated heterocycles. The monoisotopic (exact) mass is 246 g/mol. The molecule has 0 aromatic carbocycles. The first kappa shape index (κ1) is 18.0. The zero-order chi connectivity index (χ0) is 13.5. The van der Waals surface area contributed by atoms with Crippen molar-refractivity contribution in [3.63, 3.8) is 0 Å². The van der Waals surface area contributed by atoms with Crippen molar-refractivity contribution in [3.8, 4) is 0 Å². The number of carboxylic acid groups (broad SMARTS) is 2. The van der Waals surface area contributed by atoms with Crippen LogP contribution >= 0.6 is 0 Å². The predicted octanol–water partition coefficient (Wildman–Crippen LogP) is 2.05. The molecule has 0 heterocycles. The second kappa shape index (κ2) is 14.6. The molecule has 0 fully saturated rings. The molecule has 0 saturated carbocycles. The fourth-order valence-electron chi connectivity index (χ4n) is 1.03. The number of carboxylic acids is 2. The Hall–Kier alpha value is -1.36. The van der Waals surface area contributed by atoms with Gasteiger partial charge >= 0.3 is 11.9 Å². The van der Waals surface area contributed by atoms with Gasteiger partial charge in [0, 0.05) is 18.8 Å². The zero-order valence-corrected chi connectivity index (χ0v) is 10.3. The van der Waals surface area contributed by atoms with Crippen molar-refractivity contribution in [2.75, 3.05) is 6.61 Å². The van der Waals surface area contributed by atoms with E-state index in [0.717, 1.165) is 6.42 Å². The summed E-state index contributed by atoms with van der Waals surface area (Å²) in [6.07, 6.45) is 8.61.